The lowest BCUT2D eigenvalue weighted by atomic mass is 10.0. The lowest BCUT2D eigenvalue weighted by Gasteiger charge is -2.30. The predicted octanol–water partition coefficient (Wildman–Crippen LogP) is 2.57. The third-order valence-electron chi connectivity index (χ3n) is 5.06. The van der Waals surface area contributed by atoms with Crippen molar-refractivity contribution in [2.75, 3.05) is 31.1 Å². The molecule has 2 aromatic rings. The molecule has 6 nitrogen and oxygen atoms in total. The van der Waals surface area contributed by atoms with Gasteiger partial charge in [0, 0.05) is 26.1 Å². The molecule has 2 aliphatic heterocycles. The van der Waals surface area contributed by atoms with E-state index in [9.17, 15) is 9.59 Å². The second-order valence-electron chi connectivity index (χ2n) is 6.78. The second-order valence-corrected chi connectivity index (χ2v) is 6.78. The van der Waals surface area contributed by atoms with E-state index in [1.165, 1.54) is 11.1 Å². The standard InChI is InChI=1S/C21H23N3O3/c25-20(24-13-14-27-19-8-4-3-7-18(19)24)9-11-22-21(26)23-12-10-16-5-1-2-6-17(16)15-23/h1-8H,9-15H2,(H,22,26). The Morgan fingerprint density at radius 2 is 1.78 bits per heavy atom. The van der Waals surface area contributed by atoms with E-state index in [0.717, 1.165) is 17.9 Å². The summed E-state index contributed by atoms with van der Waals surface area (Å²) in [5.41, 5.74) is 3.30. The molecular weight excluding hydrogens is 342 g/mol. The number of amides is 3. The average Bonchev–Trinajstić information content (AvgIpc) is 2.72. The first-order valence-corrected chi connectivity index (χ1v) is 9.34. The minimum atomic E-state index is -0.111. The van der Waals surface area contributed by atoms with E-state index in [2.05, 4.69) is 17.4 Å². The fourth-order valence-electron chi connectivity index (χ4n) is 3.62. The van der Waals surface area contributed by atoms with Crippen LogP contribution >= 0.6 is 0 Å². The predicted molar refractivity (Wildman–Crippen MR) is 103 cm³/mol. The fraction of sp³-hybridized carbons (Fsp3) is 0.333. The Morgan fingerprint density at radius 3 is 2.67 bits per heavy atom. The lowest BCUT2D eigenvalue weighted by molar-refractivity contribution is -0.118. The fourth-order valence-corrected chi connectivity index (χ4v) is 3.62. The highest BCUT2D eigenvalue weighted by Crippen LogP contribution is 2.31. The van der Waals surface area contributed by atoms with Gasteiger partial charge in [0.1, 0.15) is 12.4 Å². The Labute approximate surface area is 158 Å². The number of para-hydroxylation sites is 2. The molecule has 2 heterocycles. The van der Waals surface area contributed by atoms with E-state index in [0.29, 0.717) is 32.8 Å². The van der Waals surface area contributed by atoms with Crippen molar-refractivity contribution < 1.29 is 14.3 Å². The molecule has 0 bridgehead atoms. The topological polar surface area (TPSA) is 61.9 Å². The molecule has 1 N–H and O–H groups in total. The summed E-state index contributed by atoms with van der Waals surface area (Å²) in [6, 6.07) is 15.6. The van der Waals surface area contributed by atoms with Crippen LogP contribution in [0, 0.1) is 0 Å². The van der Waals surface area contributed by atoms with Crippen LogP contribution in [0.2, 0.25) is 0 Å². The highest BCUT2D eigenvalue weighted by atomic mass is 16.5. The molecule has 2 aliphatic rings. The summed E-state index contributed by atoms with van der Waals surface area (Å²) in [5, 5.41) is 2.89. The molecule has 0 aliphatic carbocycles. The zero-order valence-electron chi connectivity index (χ0n) is 15.2. The monoisotopic (exact) mass is 365 g/mol. The van der Waals surface area contributed by atoms with Crippen molar-refractivity contribution in [3.63, 3.8) is 0 Å². The van der Waals surface area contributed by atoms with Gasteiger partial charge in [-0.1, -0.05) is 36.4 Å². The third kappa shape index (κ3) is 3.74. The van der Waals surface area contributed by atoms with Crippen LogP contribution in [0.15, 0.2) is 48.5 Å². The van der Waals surface area contributed by atoms with E-state index in [1.54, 1.807) is 9.80 Å². The largest absolute Gasteiger partial charge is 0.490 e. The minimum Gasteiger partial charge on any atom is -0.490 e. The van der Waals surface area contributed by atoms with Crippen LogP contribution in [0.5, 0.6) is 5.75 Å². The molecule has 4 rings (SSSR count). The Bertz CT molecular complexity index is 852. The number of fused-ring (bicyclic) bond motifs is 2. The first kappa shape index (κ1) is 17.4. The number of carbonyl (C=O) groups excluding carboxylic acids is 2. The highest BCUT2D eigenvalue weighted by Gasteiger charge is 2.24. The van der Waals surface area contributed by atoms with Crippen molar-refractivity contribution in [2.24, 2.45) is 0 Å². The van der Waals surface area contributed by atoms with Crippen molar-refractivity contribution in [1.29, 1.82) is 0 Å². The summed E-state index contributed by atoms with van der Waals surface area (Å²) in [6.07, 6.45) is 1.14. The van der Waals surface area contributed by atoms with E-state index in [1.807, 2.05) is 36.4 Å². The first-order chi connectivity index (χ1) is 13.2. The minimum absolute atomic E-state index is 0.00459. The number of hydrogen-bond acceptors (Lipinski definition) is 3. The molecule has 0 spiro atoms. The zero-order chi connectivity index (χ0) is 18.6. The molecule has 0 saturated carbocycles. The molecule has 0 saturated heterocycles. The molecule has 27 heavy (non-hydrogen) atoms. The molecule has 0 unspecified atom stereocenters. The SMILES string of the molecule is O=C(NCCC(=O)N1CCOc2ccccc21)N1CCc2ccccc2C1. The summed E-state index contributed by atoms with van der Waals surface area (Å²) in [6.45, 7) is 2.67. The summed E-state index contributed by atoms with van der Waals surface area (Å²) < 4.78 is 5.58. The first-order valence-electron chi connectivity index (χ1n) is 9.34. The van der Waals surface area contributed by atoms with Gasteiger partial charge < -0.3 is 19.9 Å². The van der Waals surface area contributed by atoms with Crippen molar-refractivity contribution in [3.05, 3.63) is 59.7 Å². The lowest BCUT2D eigenvalue weighted by Crippen LogP contribution is -2.44. The van der Waals surface area contributed by atoms with Crippen LogP contribution < -0.4 is 15.0 Å². The van der Waals surface area contributed by atoms with Gasteiger partial charge in [-0.15, -0.1) is 0 Å². The molecular formula is C21H23N3O3. The van der Waals surface area contributed by atoms with Crippen LogP contribution in [0.4, 0.5) is 10.5 Å². The van der Waals surface area contributed by atoms with Crippen molar-refractivity contribution >= 4 is 17.6 Å². The highest BCUT2D eigenvalue weighted by molar-refractivity contribution is 5.95. The number of urea groups is 1. The Hall–Kier alpha value is -3.02. The number of hydrogen-bond donors (Lipinski definition) is 1. The van der Waals surface area contributed by atoms with Crippen molar-refractivity contribution in [3.8, 4) is 5.75 Å². The van der Waals surface area contributed by atoms with Crippen LogP contribution in [0.1, 0.15) is 17.5 Å². The van der Waals surface area contributed by atoms with Crippen LogP contribution in [0.3, 0.4) is 0 Å². The van der Waals surface area contributed by atoms with Gasteiger partial charge in [0.25, 0.3) is 0 Å². The molecule has 0 radical (unpaired) electrons. The smallest absolute Gasteiger partial charge is 0.317 e. The zero-order valence-corrected chi connectivity index (χ0v) is 15.2. The van der Waals surface area contributed by atoms with Crippen LogP contribution in [0.25, 0.3) is 0 Å². The number of benzene rings is 2. The van der Waals surface area contributed by atoms with E-state index >= 15 is 0 Å². The molecule has 0 atom stereocenters. The number of carbonyl (C=O) groups is 2. The third-order valence-corrected chi connectivity index (χ3v) is 5.06. The van der Waals surface area contributed by atoms with E-state index in [-0.39, 0.29) is 18.4 Å². The van der Waals surface area contributed by atoms with Gasteiger partial charge >= 0.3 is 6.03 Å². The summed E-state index contributed by atoms with van der Waals surface area (Å²) in [7, 11) is 0. The molecule has 0 fully saturated rings. The molecule has 3 amide bonds. The maximum absolute atomic E-state index is 12.6. The van der Waals surface area contributed by atoms with E-state index in [4.69, 9.17) is 4.74 Å². The Morgan fingerprint density at radius 1 is 1.00 bits per heavy atom. The molecule has 2 aromatic carbocycles. The molecule has 6 heteroatoms. The van der Waals surface area contributed by atoms with Crippen LogP contribution in [-0.2, 0) is 17.8 Å². The summed E-state index contributed by atoms with van der Waals surface area (Å²) in [5.74, 6) is 0.725. The van der Waals surface area contributed by atoms with Gasteiger partial charge in [-0.25, -0.2) is 4.79 Å². The average molecular weight is 365 g/mol. The Balaban J connectivity index is 1.29. The summed E-state index contributed by atoms with van der Waals surface area (Å²) in [4.78, 5) is 28.6. The molecule has 0 aromatic heterocycles. The van der Waals surface area contributed by atoms with Crippen LogP contribution in [-0.4, -0.2) is 43.1 Å². The van der Waals surface area contributed by atoms with Gasteiger partial charge in [0.05, 0.1) is 12.2 Å². The maximum atomic E-state index is 12.6. The number of anilines is 1. The number of rotatable bonds is 3. The normalized spacial score (nSPS) is 15.4. The number of ether oxygens (including phenoxy) is 1. The van der Waals surface area contributed by atoms with Gasteiger partial charge in [0.15, 0.2) is 0 Å². The quantitative estimate of drug-likeness (QED) is 0.909. The van der Waals surface area contributed by atoms with Crippen molar-refractivity contribution in [2.45, 2.75) is 19.4 Å². The second kappa shape index (κ2) is 7.70. The number of nitrogens with zero attached hydrogens (tertiary/aromatic N) is 2. The van der Waals surface area contributed by atoms with Gasteiger partial charge in [-0.2, -0.15) is 0 Å². The summed E-state index contributed by atoms with van der Waals surface area (Å²) >= 11 is 0. The maximum Gasteiger partial charge on any atom is 0.317 e. The van der Waals surface area contributed by atoms with E-state index < -0.39 is 0 Å². The van der Waals surface area contributed by atoms with Gasteiger partial charge in [0.2, 0.25) is 5.91 Å². The van der Waals surface area contributed by atoms with Gasteiger partial charge in [-0.3, -0.25) is 4.79 Å². The van der Waals surface area contributed by atoms with Gasteiger partial charge in [-0.05, 0) is 29.7 Å². The van der Waals surface area contributed by atoms with Crippen molar-refractivity contribution in [1.82, 2.24) is 10.2 Å². The Kier molecular flexibility index (Phi) is 4.96. The molecule has 140 valence electrons. The number of nitrogens with one attached hydrogen (secondary N) is 1.